The van der Waals surface area contributed by atoms with E-state index in [-0.39, 0.29) is 0 Å². The third kappa shape index (κ3) is 8.53. The van der Waals surface area contributed by atoms with Gasteiger partial charge in [0.05, 0.1) is 11.4 Å². The standard InChI is InChI=1S/C62H43N5/c63-58(47-27-15-5-16-28-47)57(46-25-13-4-14-26-46)59-55-36-35-50(37-53(55)41-56(64-59)45-23-11-3-12-24-45)44-31-33-49(34-32-44)61-65-60(48-29-17-6-18-30-48)66-62(67-61)54-39-51(42-19-7-1-8-20-42)38-52(40-54)43-21-9-2-10-22-43/h1-41,63-64H/b59-57-,63-58?. The second kappa shape index (κ2) is 18.2. The van der Waals surface area contributed by atoms with Crippen LogP contribution in [0.15, 0.2) is 243 Å². The van der Waals surface area contributed by atoms with E-state index in [1.165, 1.54) is 0 Å². The average Bonchev–Trinajstić information content (AvgIpc) is 3.42. The Bertz CT molecular complexity index is 3380. The van der Waals surface area contributed by atoms with Crippen LogP contribution in [-0.4, -0.2) is 20.7 Å². The van der Waals surface area contributed by atoms with Crippen molar-refractivity contribution in [2.24, 2.45) is 0 Å². The Morgan fingerprint density at radius 2 is 0.716 bits per heavy atom. The van der Waals surface area contributed by atoms with Gasteiger partial charge in [0, 0.05) is 39.1 Å². The number of aromatic nitrogens is 3. The zero-order valence-electron chi connectivity index (χ0n) is 36.5. The molecule has 67 heavy (non-hydrogen) atoms. The van der Waals surface area contributed by atoms with E-state index in [0.29, 0.717) is 23.2 Å². The van der Waals surface area contributed by atoms with Crippen molar-refractivity contribution in [1.29, 1.82) is 5.41 Å². The van der Waals surface area contributed by atoms with Gasteiger partial charge in [-0.1, -0.05) is 218 Å². The zero-order valence-corrected chi connectivity index (χ0v) is 36.5. The molecule has 2 N–H and O–H groups in total. The first-order valence-corrected chi connectivity index (χ1v) is 22.4. The van der Waals surface area contributed by atoms with Crippen LogP contribution in [0, 0.1) is 5.41 Å². The van der Waals surface area contributed by atoms with Crippen LogP contribution in [0.25, 0.3) is 90.6 Å². The molecule has 0 fully saturated rings. The van der Waals surface area contributed by atoms with E-state index < -0.39 is 0 Å². The second-order valence-corrected chi connectivity index (χ2v) is 16.5. The fourth-order valence-electron chi connectivity index (χ4n) is 8.73. The molecule has 0 amide bonds. The molecule has 9 aromatic carbocycles. The quantitative estimate of drug-likeness (QED) is 0.134. The van der Waals surface area contributed by atoms with E-state index in [1.54, 1.807) is 0 Å². The van der Waals surface area contributed by atoms with Gasteiger partial charge in [0.2, 0.25) is 0 Å². The zero-order chi connectivity index (χ0) is 44.9. The van der Waals surface area contributed by atoms with Crippen molar-refractivity contribution in [3.63, 3.8) is 0 Å². The Kier molecular flexibility index (Phi) is 11.1. The highest BCUT2D eigenvalue weighted by Gasteiger charge is 2.24. The number of benzene rings is 9. The number of hydrogen-bond acceptors (Lipinski definition) is 5. The minimum Gasteiger partial charge on any atom is -0.354 e. The summed E-state index contributed by atoms with van der Waals surface area (Å²) in [5.74, 6) is 1.81. The fraction of sp³-hybridized carbons (Fsp3) is 0. The van der Waals surface area contributed by atoms with Crippen LogP contribution in [0.3, 0.4) is 0 Å². The lowest BCUT2D eigenvalue weighted by Gasteiger charge is -2.26. The lowest BCUT2D eigenvalue weighted by molar-refractivity contribution is 1.07. The second-order valence-electron chi connectivity index (χ2n) is 16.5. The van der Waals surface area contributed by atoms with Gasteiger partial charge in [-0.05, 0) is 80.4 Å². The summed E-state index contributed by atoms with van der Waals surface area (Å²) in [4.78, 5) is 15.4. The van der Waals surface area contributed by atoms with Crippen molar-refractivity contribution in [2.45, 2.75) is 0 Å². The predicted molar refractivity (Wildman–Crippen MR) is 276 cm³/mol. The Morgan fingerprint density at radius 1 is 0.328 bits per heavy atom. The molecule has 1 aliphatic rings. The highest BCUT2D eigenvalue weighted by atomic mass is 15.0. The van der Waals surface area contributed by atoms with Crippen LogP contribution in [0.2, 0.25) is 0 Å². The molecule has 0 atom stereocenters. The van der Waals surface area contributed by atoms with Gasteiger partial charge in [-0.15, -0.1) is 0 Å². The lowest BCUT2D eigenvalue weighted by Crippen LogP contribution is -2.20. The normalized spacial score (nSPS) is 12.6. The third-order valence-corrected chi connectivity index (χ3v) is 12.1. The van der Waals surface area contributed by atoms with E-state index in [4.69, 9.17) is 15.0 Å². The van der Waals surface area contributed by atoms with Crippen LogP contribution in [0.5, 0.6) is 0 Å². The molecule has 11 rings (SSSR count). The smallest absolute Gasteiger partial charge is 0.164 e. The van der Waals surface area contributed by atoms with Crippen molar-refractivity contribution in [3.05, 3.63) is 270 Å². The Labute approximate surface area is 390 Å². The van der Waals surface area contributed by atoms with Crippen LogP contribution < -0.4 is 5.32 Å². The van der Waals surface area contributed by atoms with E-state index >= 15 is 0 Å². The SMILES string of the molecule is N=C(/C(=C1\NC(c2ccccc2)=Cc2cc(-c3ccc(-c4nc(-c5ccccc5)nc(-c5cc(-c6ccccc6)cc(-c6ccccc6)c5)n4)cc3)ccc21)c1ccccc1)c1ccccc1. The first kappa shape index (κ1) is 40.7. The van der Waals surface area contributed by atoms with Gasteiger partial charge < -0.3 is 5.32 Å². The first-order chi connectivity index (χ1) is 33.1. The summed E-state index contributed by atoms with van der Waals surface area (Å²) in [6, 6.07) is 83.3. The molecule has 316 valence electrons. The number of rotatable bonds is 10. The maximum Gasteiger partial charge on any atom is 0.164 e. The van der Waals surface area contributed by atoms with Gasteiger partial charge >= 0.3 is 0 Å². The summed E-state index contributed by atoms with van der Waals surface area (Å²) in [6.45, 7) is 0. The average molecular weight is 858 g/mol. The molecular formula is C62H43N5. The van der Waals surface area contributed by atoms with Gasteiger partial charge in [-0.3, -0.25) is 5.41 Å². The topological polar surface area (TPSA) is 74.6 Å². The molecule has 10 aromatic rings. The third-order valence-electron chi connectivity index (χ3n) is 12.1. The molecule has 1 aliphatic heterocycles. The monoisotopic (exact) mass is 857 g/mol. The van der Waals surface area contributed by atoms with Crippen LogP contribution >= 0.6 is 0 Å². The molecule has 0 saturated carbocycles. The minimum atomic E-state index is 0.451. The molecule has 0 radical (unpaired) electrons. The summed E-state index contributed by atoms with van der Waals surface area (Å²) in [5, 5.41) is 13.4. The maximum absolute atomic E-state index is 9.62. The largest absolute Gasteiger partial charge is 0.354 e. The number of nitrogens with zero attached hydrogens (tertiary/aromatic N) is 3. The first-order valence-electron chi connectivity index (χ1n) is 22.4. The molecule has 0 aliphatic carbocycles. The minimum absolute atomic E-state index is 0.451. The maximum atomic E-state index is 9.62. The highest BCUT2D eigenvalue weighted by Crippen LogP contribution is 2.39. The summed E-state index contributed by atoms with van der Waals surface area (Å²) >= 11 is 0. The molecule has 0 spiro atoms. The van der Waals surface area contributed by atoms with E-state index in [0.717, 1.165) is 94.9 Å². The van der Waals surface area contributed by atoms with E-state index in [9.17, 15) is 5.41 Å². The molecule has 5 heteroatoms. The van der Waals surface area contributed by atoms with Gasteiger partial charge in [0.15, 0.2) is 17.5 Å². The van der Waals surface area contributed by atoms with Gasteiger partial charge in [-0.25, -0.2) is 15.0 Å². The number of allylic oxidation sites excluding steroid dienone is 1. The number of nitrogens with one attached hydrogen (secondary N) is 2. The Balaban J connectivity index is 1.01. The number of fused-ring (bicyclic) bond motifs is 1. The summed E-state index contributed by atoms with van der Waals surface area (Å²) in [6.07, 6.45) is 2.22. The lowest BCUT2D eigenvalue weighted by atomic mass is 9.87. The molecular weight excluding hydrogens is 815 g/mol. The van der Waals surface area contributed by atoms with Crippen molar-refractivity contribution >= 4 is 28.8 Å². The van der Waals surface area contributed by atoms with Crippen molar-refractivity contribution in [1.82, 2.24) is 20.3 Å². The Hall–Kier alpha value is -9.06. The molecule has 0 saturated heterocycles. The predicted octanol–water partition coefficient (Wildman–Crippen LogP) is 14.9. The molecule has 1 aromatic heterocycles. The van der Waals surface area contributed by atoms with Gasteiger partial charge in [0.1, 0.15) is 0 Å². The summed E-state index contributed by atoms with van der Waals surface area (Å²) in [5.41, 5.74) is 17.4. The van der Waals surface area contributed by atoms with Gasteiger partial charge in [-0.2, -0.15) is 0 Å². The van der Waals surface area contributed by atoms with Crippen LogP contribution in [-0.2, 0) is 0 Å². The van der Waals surface area contributed by atoms with Crippen LogP contribution in [0.4, 0.5) is 0 Å². The van der Waals surface area contributed by atoms with E-state index in [1.807, 2.05) is 97.1 Å². The molecule has 0 unspecified atom stereocenters. The summed E-state index contributed by atoms with van der Waals surface area (Å²) < 4.78 is 0. The van der Waals surface area contributed by atoms with Crippen molar-refractivity contribution in [3.8, 4) is 67.5 Å². The summed E-state index contributed by atoms with van der Waals surface area (Å²) in [7, 11) is 0. The number of hydrogen-bond donors (Lipinski definition) is 2. The van der Waals surface area contributed by atoms with Crippen molar-refractivity contribution < 1.29 is 0 Å². The van der Waals surface area contributed by atoms with E-state index in [2.05, 4.69) is 157 Å². The van der Waals surface area contributed by atoms with Crippen LogP contribution in [0.1, 0.15) is 27.8 Å². The van der Waals surface area contributed by atoms with Gasteiger partial charge in [0.25, 0.3) is 0 Å². The molecule has 5 nitrogen and oxygen atoms in total. The van der Waals surface area contributed by atoms with Crippen molar-refractivity contribution in [2.75, 3.05) is 0 Å². The fourth-order valence-corrected chi connectivity index (χ4v) is 8.73. The highest BCUT2D eigenvalue weighted by molar-refractivity contribution is 6.36. The molecule has 0 bridgehead atoms. The Morgan fingerprint density at radius 3 is 1.25 bits per heavy atom. The molecule has 2 heterocycles.